The Labute approximate surface area is 171 Å². The van der Waals surface area contributed by atoms with Gasteiger partial charge in [0.1, 0.15) is 0 Å². The number of aromatic amines is 1. The monoisotopic (exact) mass is 392 g/mol. The molecule has 5 heteroatoms. The van der Waals surface area contributed by atoms with Crippen molar-refractivity contribution in [3.8, 4) is 0 Å². The molecule has 1 aliphatic rings. The van der Waals surface area contributed by atoms with Crippen LogP contribution in [0.15, 0.2) is 60.8 Å². The third kappa shape index (κ3) is 4.07. The maximum Gasteiger partial charge on any atom is 0.222 e. The molecule has 29 heavy (non-hydrogen) atoms. The number of aromatic nitrogens is 1. The van der Waals surface area contributed by atoms with Crippen LogP contribution in [-0.4, -0.2) is 51.8 Å². The molecule has 152 valence electrons. The number of fused-ring (bicyclic) bond motifs is 1. The number of benzene rings is 2. The van der Waals surface area contributed by atoms with Crippen LogP contribution in [0.1, 0.15) is 24.0 Å². The van der Waals surface area contributed by atoms with Crippen molar-refractivity contribution >= 4 is 16.8 Å². The maximum absolute atomic E-state index is 12.9. The molecule has 0 spiro atoms. The fourth-order valence-corrected chi connectivity index (χ4v) is 4.49. The molecule has 0 unspecified atom stereocenters. The second kappa shape index (κ2) is 8.39. The van der Waals surface area contributed by atoms with Crippen LogP contribution >= 0.6 is 0 Å². The Bertz CT molecular complexity index is 968. The van der Waals surface area contributed by atoms with Gasteiger partial charge >= 0.3 is 0 Å². The molecule has 2 aromatic carbocycles. The number of piperidine rings is 1. The number of amides is 1. The summed E-state index contributed by atoms with van der Waals surface area (Å²) in [6.45, 7) is 0.770. The van der Waals surface area contributed by atoms with E-state index in [0.717, 1.165) is 22.0 Å². The van der Waals surface area contributed by atoms with Crippen LogP contribution in [0.5, 0.6) is 0 Å². The van der Waals surface area contributed by atoms with Gasteiger partial charge in [-0.1, -0.05) is 48.5 Å². The summed E-state index contributed by atoms with van der Waals surface area (Å²) in [5, 5.41) is 22.0. The first kappa shape index (κ1) is 19.7. The number of carbonyl (C=O) groups is 1. The summed E-state index contributed by atoms with van der Waals surface area (Å²) in [5.41, 5.74) is 2.58. The van der Waals surface area contributed by atoms with Crippen LogP contribution in [0.25, 0.3) is 10.9 Å². The number of aliphatic hydroxyl groups is 2. The second-order valence-corrected chi connectivity index (χ2v) is 8.16. The lowest BCUT2D eigenvalue weighted by atomic mass is 9.73. The molecule has 2 atom stereocenters. The molecule has 0 aliphatic carbocycles. The van der Waals surface area contributed by atoms with Gasteiger partial charge in [0, 0.05) is 42.0 Å². The lowest BCUT2D eigenvalue weighted by molar-refractivity contribution is -0.141. The normalized spacial score (nSPS) is 22.1. The average Bonchev–Trinajstić information content (AvgIpc) is 3.17. The SMILES string of the molecule is O=C(CCc1c[nH]c2ccccc12)N1CC[C@@H](O)[C@@](CO)(Cc2ccccc2)C1. The summed E-state index contributed by atoms with van der Waals surface area (Å²) in [7, 11) is 0. The highest BCUT2D eigenvalue weighted by molar-refractivity contribution is 5.84. The quantitative estimate of drug-likeness (QED) is 0.604. The van der Waals surface area contributed by atoms with Crippen LogP contribution in [-0.2, 0) is 17.6 Å². The molecular weight excluding hydrogens is 364 g/mol. The van der Waals surface area contributed by atoms with Gasteiger partial charge in [-0.15, -0.1) is 0 Å². The van der Waals surface area contributed by atoms with E-state index in [1.165, 1.54) is 0 Å². The van der Waals surface area contributed by atoms with Gasteiger partial charge < -0.3 is 20.1 Å². The number of nitrogens with zero attached hydrogens (tertiary/aromatic N) is 1. The Morgan fingerprint density at radius 2 is 1.90 bits per heavy atom. The summed E-state index contributed by atoms with van der Waals surface area (Å²) in [6, 6.07) is 18.0. The number of hydrogen-bond acceptors (Lipinski definition) is 3. The molecule has 3 N–H and O–H groups in total. The zero-order valence-electron chi connectivity index (χ0n) is 16.6. The van der Waals surface area contributed by atoms with E-state index in [4.69, 9.17) is 0 Å². The first-order valence-electron chi connectivity index (χ1n) is 10.3. The van der Waals surface area contributed by atoms with Crippen molar-refractivity contribution < 1.29 is 15.0 Å². The van der Waals surface area contributed by atoms with Gasteiger partial charge in [-0.05, 0) is 36.5 Å². The minimum atomic E-state index is -0.712. The Balaban J connectivity index is 1.44. The van der Waals surface area contributed by atoms with E-state index in [0.29, 0.717) is 38.8 Å². The van der Waals surface area contributed by atoms with Gasteiger partial charge in [0.05, 0.1) is 12.7 Å². The molecule has 0 saturated carbocycles. The summed E-state index contributed by atoms with van der Waals surface area (Å²) in [6.07, 6.45) is 3.50. The Morgan fingerprint density at radius 1 is 1.14 bits per heavy atom. The minimum Gasteiger partial charge on any atom is -0.396 e. The van der Waals surface area contributed by atoms with Crippen LogP contribution in [0.2, 0.25) is 0 Å². The topological polar surface area (TPSA) is 76.6 Å². The lowest BCUT2D eigenvalue weighted by Gasteiger charge is -2.45. The van der Waals surface area contributed by atoms with Crippen LogP contribution in [0, 0.1) is 5.41 Å². The fraction of sp³-hybridized carbons (Fsp3) is 0.375. The lowest BCUT2D eigenvalue weighted by Crippen LogP contribution is -2.56. The van der Waals surface area contributed by atoms with E-state index in [-0.39, 0.29) is 12.5 Å². The van der Waals surface area contributed by atoms with Crippen molar-refractivity contribution in [1.82, 2.24) is 9.88 Å². The van der Waals surface area contributed by atoms with Crippen molar-refractivity contribution in [2.24, 2.45) is 5.41 Å². The second-order valence-electron chi connectivity index (χ2n) is 8.16. The Morgan fingerprint density at radius 3 is 2.69 bits per heavy atom. The molecule has 5 nitrogen and oxygen atoms in total. The molecule has 4 rings (SSSR count). The van der Waals surface area contributed by atoms with E-state index >= 15 is 0 Å². The highest BCUT2D eigenvalue weighted by Gasteiger charge is 2.43. The van der Waals surface area contributed by atoms with E-state index in [1.54, 1.807) is 0 Å². The highest BCUT2D eigenvalue weighted by Crippen LogP contribution is 2.34. The van der Waals surface area contributed by atoms with Gasteiger partial charge in [-0.3, -0.25) is 4.79 Å². The van der Waals surface area contributed by atoms with Crippen LogP contribution in [0.3, 0.4) is 0 Å². The third-order valence-corrected chi connectivity index (χ3v) is 6.23. The van der Waals surface area contributed by atoms with Gasteiger partial charge in [0.2, 0.25) is 5.91 Å². The van der Waals surface area contributed by atoms with Gasteiger partial charge in [0.15, 0.2) is 0 Å². The number of carbonyl (C=O) groups excluding carboxylic acids is 1. The smallest absolute Gasteiger partial charge is 0.222 e. The van der Waals surface area contributed by atoms with Crippen molar-refractivity contribution in [3.05, 3.63) is 71.9 Å². The standard InChI is InChI=1S/C24H28N2O3/c27-17-24(14-18-6-2-1-3-7-18)16-26(13-12-22(24)28)23(29)11-10-19-15-25-21-9-5-4-8-20(19)21/h1-9,15,22,25,27-28H,10-14,16-17H2/t22-,24+/m1/s1. The summed E-state index contributed by atoms with van der Waals surface area (Å²) < 4.78 is 0. The number of likely N-dealkylation sites (tertiary alicyclic amines) is 1. The molecule has 2 heterocycles. The largest absolute Gasteiger partial charge is 0.396 e. The molecular formula is C24H28N2O3. The molecule has 1 amide bonds. The number of aliphatic hydroxyl groups excluding tert-OH is 2. The average molecular weight is 392 g/mol. The van der Waals surface area contributed by atoms with Crippen molar-refractivity contribution in [2.45, 2.75) is 31.8 Å². The predicted octanol–water partition coefficient (Wildman–Crippen LogP) is 2.92. The first-order chi connectivity index (χ1) is 14.1. The summed E-state index contributed by atoms with van der Waals surface area (Å²) >= 11 is 0. The molecule has 0 bridgehead atoms. The number of H-pyrrole nitrogens is 1. The third-order valence-electron chi connectivity index (χ3n) is 6.23. The number of rotatable bonds is 6. The van der Waals surface area contributed by atoms with E-state index in [2.05, 4.69) is 11.1 Å². The van der Waals surface area contributed by atoms with Crippen molar-refractivity contribution in [2.75, 3.05) is 19.7 Å². The van der Waals surface area contributed by atoms with Gasteiger partial charge in [0.25, 0.3) is 0 Å². The number of para-hydroxylation sites is 1. The molecule has 3 aromatic rings. The highest BCUT2D eigenvalue weighted by atomic mass is 16.3. The van der Waals surface area contributed by atoms with Crippen LogP contribution in [0.4, 0.5) is 0 Å². The molecule has 1 fully saturated rings. The van der Waals surface area contributed by atoms with Crippen LogP contribution < -0.4 is 0 Å². The Hall–Kier alpha value is -2.63. The summed E-state index contributed by atoms with van der Waals surface area (Å²) in [4.78, 5) is 18.0. The van der Waals surface area contributed by atoms with E-state index < -0.39 is 11.5 Å². The van der Waals surface area contributed by atoms with Gasteiger partial charge in [-0.25, -0.2) is 0 Å². The maximum atomic E-state index is 12.9. The number of hydrogen-bond donors (Lipinski definition) is 3. The number of nitrogens with one attached hydrogen (secondary N) is 1. The van der Waals surface area contributed by atoms with Gasteiger partial charge in [-0.2, -0.15) is 0 Å². The zero-order chi connectivity index (χ0) is 20.3. The summed E-state index contributed by atoms with van der Waals surface area (Å²) in [5.74, 6) is 0.0769. The molecule has 1 aliphatic heterocycles. The first-order valence-corrected chi connectivity index (χ1v) is 10.3. The molecule has 1 saturated heterocycles. The van der Waals surface area contributed by atoms with Crippen molar-refractivity contribution in [1.29, 1.82) is 0 Å². The van der Waals surface area contributed by atoms with E-state index in [1.807, 2.05) is 59.6 Å². The molecule has 0 radical (unpaired) electrons. The van der Waals surface area contributed by atoms with Crippen molar-refractivity contribution in [3.63, 3.8) is 0 Å². The molecule has 1 aromatic heterocycles. The zero-order valence-corrected chi connectivity index (χ0v) is 16.6. The number of aryl methyl sites for hydroxylation is 1. The van der Waals surface area contributed by atoms with E-state index in [9.17, 15) is 15.0 Å². The Kier molecular flexibility index (Phi) is 5.69. The fourth-order valence-electron chi connectivity index (χ4n) is 4.49. The minimum absolute atomic E-state index is 0.0769. The predicted molar refractivity (Wildman–Crippen MR) is 113 cm³/mol.